The van der Waals surface area contributed by atoms with Crippen molar-refractivity contribution in [3.63, 3.8) is 0 Å². The summed E-state index contributed by atoms with van der Waals surface area (Å²) in [4.78, 5) is 42.5. The highest BCUT2D eigenvalue weighted by Gasteiger charge is 2.29. The number of pyridine rings is 1. The van der Waals surface area contributed by atoms with E-state index in [-0.39, 0.29) is 22.9 Å². The average Bonchev–Trinajstić information content (AvgIpc) is 3.33. The predicted molar refractivity (Wildman–Crippen MR) is 116 cm³/mol. The van der Waals surface area contributed by atoms with Crippen LogP contribution in [0.5, 0.6) is 0 Å². The molecule has 3 heterocycles. The molecular weight excluding hydrogens is 394 g/mol. The van der Waals surface area contributed by atoms with Crippen LogP contribution in [-0.2, 0) is 19.5 Å². The third-order valence-electron chi connectivity index (χ3n) is 5.72. The van der Waals surface area contributed by atoms with Crippen molar-refractivity contribution in [2.45, 2.75) is 26.4 Å². The predicted octanol–water partition coefficient (Wildman–Crippen LogP) is 1.91. The fraction of sp³-hybridized carbons (Fsp3) is 0.304. The van der Waals surface area contributed by atoms with Gasteiger partial charge in [-0.15, -0.1) is 0 Å². The van der Waals surface area contributed by atoms with E-state index in [1.54, 1.807) is 39.9 Å². The van der Waals surface area contributed by atoms with Gasteiger partial charge in [0, 0.05) is 39.1 Å². The van der Waals surface area contributed by atoms with E-state index >= 15 is 0 Å². The fourth-order valence-electron chi connectivity index (χ4n) is 3.88. The zero-order chi connectivity index (χ0) is 22.0. The highest BCUT2D eigenvalue weighted by atomic mass is 16.2. The first-order valence-electron chi connectivity index (χ1n) is 10.3. The molecule has 1 aliphatic heterocycles. The minimum atomic E-state index is -0.291. The van der Waals surface area contributed by atoms with Gasteiger partial charge < -0.3 is 14.4 Å². The molecule has 31 heavy (non-hydrogen) atoms. The Morgan fingerprint density at radius 1 is 1.19 bits per heavy atom. The minimum Gasteiger partial charge on any atom is -0.342 e. The van der Waals surface area contributed by atoms with E-state index in [9.17, 15) is 14.4 Å². The fourth-order valence-corrected chi connectivity index (χ4v) is 3.88. The quantitative estimate of drug-likeness (QED) is 0.684. The maximum Gasteiger partial charge on any atom is 0.272 e. The highest BCUT2D eigenvalue weighted by Crippen LogP contribution is 2.23. The van der Waals surface area contributed by atoms with Crippen LogP contribution in [0.3, 0.4) is 0 Å². The molecule has 2 aromatic heterocycles. The lowest BCUT2D eigenvalue weighted by molar-refractivity contribution is 0.0727. The Bertz CT molecular complexity index is 1150. The van der Waals surface area contributed by atoms with E-state index in [2.05, 4.69) is 10.2 Å². The van der Waals surface area contributed by atoms with E-state index in [0.29, 0.717) is 38.3 Å². The van der Waals surface area contributed by atoms with E-state index in [4.69, 9.17) is 0 Å². The van der Waals surface area contributed by atoms with Crippen molar-refractivity contribution in [1.29, 1.82) is 0 Å². The molecular formula is C23H25N5O3. The summed E-state index contributed by atoms with van der Waals surface area (Å²) >= 11 is 0. The molecule has 0 saturated heterocycles. The third-order valence-corrected chi connectivity index (χ3v) is 5.72. The average molecular weight is 419 g/mol. The van der Waals surface area contributed by atoms with Gasteiger partial charge in [-0.05, 0) is 36.1 Å². The van der Waals surface area contributed by atoms with E-state index in [0.717, 1.165) is 16.7 Å². The number of aromatic amines is 1. The molecule has 0 saturated carbocycles. The Labute approximate surface area is 180 Å². The molecule has 0 aliphatic carbocycles. The van der Waals surface area contributed by atoms with Crippen molar-refractivity contribution in [3.05, 3.63) is 87.1 Å². The van der Waals surface area contributed by atoms with Gasteiger partial charge in [0.1, 0.15) is 11.3 Å². The number of H-pyrrole nitrogens is 1. The number of nitrogens with one attached hydrogen (secondary N) is 1. The number of carbonyl (C=O) groups excluding carboxylic acids is 2. The van der Waals surface area contributed by atoms with Gasteiger partial charge in [-0.1, -0.05) is 30.3 Å². The van der Waals surface area contributed by atoms with Gasteiger partial charge >= 0.3 is 0 Å². The zero-order valence-corrected chi connectivity index (χ0v) is 17.7. The topological polar surface area (TPSA) is 91.3 Å². The molecule has 0 unspecified atom stereocenters. The number of benzene rings is 1. The Morgan fingerprint density at radius 2 is 1.97 bits per heavy atom. The molecule has 0 radical (unpaired) electrons. The number of rotatable bonds is 5. The summed E-state index contributed by atoms with van der Waals surface area (Å²) in [6.45, 7) is 3.50. The SMILES string of the molecule is CCN(C)C(=O)c1c2c(cn(Cc3ccccc3)c1=O)CN(C(=O)c1ccn[nH]1)CC2. The standard InChI is InChI=1S/C23H25N5O3/c1-3-26(2)22(30)20-18-10-12-27(21(29)19-9-11-24-25-19)14-17(18)15-28(23(20)31)13-16-7-5-4-6-8-16/h4-9,11,15H,3,10,12-14H2,1-2H3,(H,24,25). The monoisotopic (exact) mass is 419 g/mol. The molecule has 8 heteroatoms. The number of nitrogens with zero attached hydrogens (tertiary/aromatic N) is 4. The molecule has 0 atom stereocenters. The maximum absolute atomic E-state index is 13.3. The van der Waals surface area contributed by atoms with Crippen LogP contribution in [0.1, 0.15) is 44.5 Å². The molecule has 4 rings (SSSR count). The van der Waals surface area contributed by atoms with Crippen LogP contribution >= 0.6 is 0 Å². The van der Waals surface area contributed by atoms with Crippen molar-refractivity contribution in [1.82, 2.24) is 24.6 Å². The highest BCUT2D eigenvalue weighted by molar-refractivity contribution is 5.96. The maximum atomic E-state index is 13.3. The number of hydrogen-bond acceptors (Lipinski definition) is 4. The molecule has 3 aromatic rings. The van der Waals surface area contributed by atoms with Crippen LogP contribution in [0.25, 0.3) is 0 Å². The van der Waals surface area contributed by atoms with Gasteiger partial charge in [-0.3, -0.25) is 19.5 Å². The van der Waals surface area contributed by atoms with Crippen molar-refractivity contribution in [2.24, 2.45) is 0 Å². The molecule has 1 aromatic carbocycles. The van der Waals surface area contributed by atoms with Gasteiger partial charge in [0.15, 0.2) is 0 Å². The summed E-state index contributed by atoms with van der Waals surface area (Å²) in [5.74, 6) is -0.429. The lowest BCUT2D eigenvalue weighted by atomic mass is 9.95. The van der Waals surface area contributed by atoms with Gasteiger partial charge in [0.2, 0.25) is 0 Å². The van der Waals surface area contributed by atoms with Crippen molar-refractivity contribution < 1.29 is 9.59 Å². The minimum absolute atomic E-state index is 0.150. The van der Waals surface area contributed by atoms with E-state index < -0.39 is 0 Å². The van der Waals surface area contributed by atoms with Crippen molar-refractivity contribution >= 4 is 11.8 Å². The lowest BCUT2D eigenvalue weighted by Gasteiger charge is -2.30. The summed E-state index contributed by atoms with van der Waals surface area (Å²) in [6.07, 6.45) is 3.79. The molecule has 0 spiro atoms. The third kappa shape index (κ3) is 4.01. The largest absolute Gasteiger partial charge is 0.342 e. The van der Waals surface area contributed by atoms with Gasteiger partial charge in [0.25, 0.3) is 17.4 Å². The van der Waals surface area contributed by atoms with Crippen molar-refractivity contribution in [2.75, 3.05) is 20.1 Å². The molecule has 8 nitrogen and oxygen atoms in total. The summed E-state index contributed by atoms with van der Waals surface area (Å²) < 4.78 is 1.58. The van der Waals surface area contributed by atoms with Crippen LogP contribution in [0.2, 0.25) is 0 Å². The second-order valence-corrected chi connectivity index (χ2v) is 7.69. The summed E-state index contributed by atoms with van der Waals surface area (Å²) in [7, 11) is 1.69. The number of hydrogen-bond donors (Lipinski definition) is 1. The summed E-state index contributed by atoms with van der Waals surface area (Å²) in [6, 6.07) is 11.3. The summed E-state index contributed by atoms with van der Waals surface area (Å²) in [5, 5.41) is 6.56. The molecule has 0 fully saturated rings. The second-order valence-electron chi connectivity index (χ2n) is 7.69. The van der Waals surface area contributed by atoms with Crippen LogP contribution in [0, 0.1) is 0 Å². The van der Waals surface area contributed by atoms with Gasteiger partial charge in [0.05, 0.1) is 6.54 Å². The zero-order valence-electron chi connectivity index (χ0n) is 17.7. The first kappa shape index (κ1) is 20.6. The first-order chi connectivity index (χ1) is 15.0. The Kier molecular flexibility index (Phi) is 5.70. The number of aromatic nitrogens is 3. The molecule has 2 amide bonds. The Morgan fingerprint density at radius 3 is 2.65 bits per heavy atom. The van der Waals surface area contributed by atoms with Gasteiger partial charge in [-0.2, -0.15) is 5.10 Å². The van der Waals surface area contributed by atoms with Crippen LogP contribution in [-0.4, -0.2) is 56.5 Å². The number of amides is 2. The lowest BCUT2D eigenvalue weighted by Crippen LogP contribution is -2.42. The molecule has 1 N–H and O–H groups in total. The first-order valence-corrected chi connectivity index (χ1v) is 10.3. The van der Waals surface area contributed by atoms with Gasteiger partial charge in [-0.25, -0.2) is 0 Å². The summed E-state index contributed by atoms with van der Waals surface area (Å²) in [5.41, 5.74) is 2.87. The van der Waals surface area contributed by atoms with Crippen LogP contribution in [0.4, 0.5) is 0 Å². The van der Waals surface area contributed by atoms with Crippen LogP contribution in [0.15, 0.2) is 53.6 Å². The van der Waals surface area contributed by atoms with Crippen molar-refractivity contribution in [3.8, 4) is 0 Å². The number of carbonyl (C=O) groups is 2. The Hall–Kier alpha value is -3.68. The smallest absolute Gasteiger partial charge is 0.272 e. The van der Waals surface area contributed by atoms with Crippen LogP contribution < -0.4 is 5.56 Å². The molecule has 0 bridgehead atoms. The number of fused-ring (bicyclic) bond motifs is 1. The van der Waals surface area contributed by atoms with E-state index in [1.165, 1.54) is 0 Å². The molecule has 1 aliphatic rings. The van der Waals surface area contributed by atoms with E-state index in [1.807, 2.05) is 37.3 Å². The normalized spacial score (nSPS) is 13.0. The Balaban J connectivity index is 1.76. The second kappa shape index (κ2) is 8.59. The molecule has 160 valence electrons.